The molecule has 1 aromatic heterocycles. The SMILES string of the molecule is COc1cc(CNS(=O)(=O)N2CCN(c3cnn(-c4cccc(Cl)c4)c(=O)c3OCC3(C)CC3)CC2)ccc1N. The molecule has 0 bridgehead atoms. The van der Waals surface area contributed by atoms with Crippen LogP contribution in [0, 0.1) is 5.41 Å². The molecule has 0 atom stereocenters. The maximum atomic E-state index is 13.6. The van der Waals surface area contributed by atoms with Gasteiger partial charge < -0.3 is 20.1 Å². The molecular weight excluding hydrogens is 556 g/mol. The first-order valence-electron chi connectivity index (χ1n) is 13.0. The Hall–Kier alpha value is -3.32. The van der Waals surface area contributed by atoms with Crippen molar-refractivity contribution in [2.24, 2.45) is 5.41 Å². The predicted molar refractivity (Wildman–Crippen MR) is 155 cm³/mol. The number of hydrogen-bond acceptors (Lipinski definition) is 8. The van der Waals surface area contributed by atoms with Gasteiger partial charge in [0.05, 0.1) is 31.3 Å². The van der Waals surface area contributed by atoms with Gasteiger partial charge in [0, 0.05) is 43.2 Å². The van der Waals surface area contributed by atoms with Crippen molar-refractivity contribution in [2.45, 2.75) is 26.3 Å². The number of piperazine rings is 1. The van der Waals surface area contributed by atoms with Crippen LogP contribution in [0.25, 0.3) is 5.69 Å². The topological polar surface area (TPSA) is 132 Å². The van der Waals surface area contributed by atoms with Crippen LogP contribution in [0.15, 0.2) is 53.5 Å². The normalized spacial score (nSPS) is 17.0. The van der Waals surface area contributed by atoms with E-state index in [9.17, 15) is 13.2 Å². The van der Waals surface area contributed by atoms with Crippen LogP contribution in [-0.2, 0) is 16.8 Å². The molecule has 13 heteroatoms. The van der Waals surface area contributed by atoms with Gasteiger partial charge in [0.15, 0.2) is 0 Å². The van der Waals surface area contributed by atoms with Crippen LogP contribution in [0.3, 0.4) is 0 Å². The quantitative estimate of drug-likeness (QED) is 0.346. The summed E-state index contributed by atoms with van der Waals surface area (Å²) in [5, 5.41) is 4.89. The van der Waals surface area contributed by atoms with E-state index in [-0.39, 0.29) is 36.4 Å². The molecule has 2 fully saturated rings. The zero-order valence-corrected chi connectivity index (χ0v) is 24.0. The van der Waals surface area contributed by atoms with E-state index >= 15 is 0 Å². The minimum atomic E-state index is -3.74. The number of nitrogens with zero attached hydrogens (tertiary/aromatic N) is 4. The van der Waals surface area contributed by atoms with Gasteiger partial charge in [-0.25, -0.2) is 0 Å². The zero-order chi connectivity index (χ0) is 28.5. The largest absolute Gasteiger partial charge is 0.495 e. The first-order valence-corrected chi connectivity index (χ1v) is 14.8. The van der Waals surface area contributed by atoms with Gasteiger partial charge >= 0.3 is 5.56 Å². The van der Waals surface area contributed by atoms with Gasteiger partial charge in [-0.2, -0.15) is 27.2 Å². The molecule has 5 rings (SSSR count). The van der Waals surface area contributed by atoms with Gasteiger partial charge in [-0.05, 0) is 48.7 Å². The zero-order valence-electron chi connectivity index (χ0n) is 22.5. The smallest absolute Gasteiger partial charge is 0.316 e. The van der Waals surface area contributed by atoms with Crippen LogP contribution in [0.2, 0.25) is 5.02 Å². The summed E-state index contributed by atoms with van der Waals surface area (Å²) in [4.78, 5) is 15.5. The fourth-order valence-electron chi connectivity index (χ4n) is 4.49. The lowest BCUT2D eigenvalue weighted by atomic mass is 10.2. The highest BCUT2D eigenvalue weighted by Gasteiger charge is 2.39. The van der Waals surface area contributed by atoms with Gasteiger partial charge in [0.1, 0.15) is 11.4 Å². The van der Waals surface area contributed by atoms with Crippen LogP contribution in [0.5, 0.6) is 11.5 Å². The number of anilines is 2. The van der Waals surface area contributed by atoms with E-state index in [2.05, 4.69) is 16.7 Å². The highest BCUT2D eigenvalue weighted by Crippen LogP contribution is 2.45. The highest BCUT2D eigenvalue weighted by molar-refractivity contribution is 7.87. The van der Waals surface area contributed by atoms with E-state index in [1.807, 2.05) is 4.90 Å². The molecule has 214 valence electrons. The maximum absolute atomic E-state index is 13.6. The fraction of sp³-hybridized carbons (Fsp3) is 0.407. The average Bonchev–Trinajstić information content (AvgIpc) is 3.69. The number of hydrogen-bond donors (Lipinski definition) is 2. The third-order valence-corrected chi connectivity index (χ3v) is 9.10. The molecule has 3 N–H and O–H groups in total. The second kappa shape index (κ2) is 11.3. The molecule has 1 saturated heterocycles. The van der Waals surface area contributed by atoms with Crippen LogP contribution in [0.4, 0.5) is 11.4 Å². The molecule has 2 heterocycles. The predicted octanol–water partition coefficient (Wildman–Crippen LogP) is 2.81. The molecule has 1 aliphatic carbocycles. The van der Waals surface area contributed by atoms with Crippen LogP contribution < -0.4 is 30.4 Å². The lowest BCUT2D eigenvalue weighted by Crippen LogP contribution is -2.52. The van der Waals surface area contributed by atoms with Crippen molar-refractivity contribution in [3.05, 3.63) is 69.6 Å². The van der Waals surface area contributed by atoms with Crippen molar-refractivity contribution in [3.63, 3.8) is 0 Å². The molecule has 0 unspecified atom stereocenters. The van der Waals surface area contributed by atoms with Crippen molar-refractivity contribution in [3.8, 4) is 17.2 Å². The molecule has 2 aromatic carbocycles. The monoisotopic (exact) mass is 588 g/mol. The summed E-state index contributed by atoms with van der Waals surface area (Å²) in [6.45, 7) is 3.84. The minimum Gasteiger partial charge on any atom is -0.495 e. The Bertz CT molecular complexity index is 1550. The van der Waals surface area contributed by atoms with Crippen molar-refractivity contribution < 1.29 is 17.9 Å². The number of methoxy groups -OCH3 is 1. The van der Waals surface area contributed by atoms with Crippen molar-refractivity contribution in [2.75, 3.05) is 50.5 Å². The first kappa shape index (κ1) is 28.2. The standard InChI is InChI=1S/C27H33ClN6O5S/c1-27(8-9-27)18-39-25-23(17-30-34(26(25)35)21-5-3-4-20(28)15-21)32-10-12-33(13-11-32)40(36,37)31-16-19-6-7-22(29)24(14-19)38-2/h3-7,14-15,17,31H,8-13,16,18,29H2,1-2H3. The van der Waals surface area contributed by atoms with Crippen LogP contribution in [-0.4, -0.2) is 62.4 Å². The van der Waals surface area contributed by atoms with Crippen LogP contribution >= 0.6 is 11.6 Å². The van der Waals surface area contributed by atoms with Gasteiger partial charge in [-0.15, -0.1) is 0 Å². The number of aromatic nitrogens is 2. The number of nitrogens with one attached hydrogen (secondary N) is 1. The molecule has 0 spiro atoms. The van der Waals surface area contributed by atoms with E-state index < -0.39 is 10.2 Å². The Morgan fingerprint density at radius 1 is 1.12 bits per heavy atom. The Morgan fingerprint density at radius 2 is 1.88 bits per heavy atom. The van der Waals surface area contributed by atoms with E-state index in [0.717, 1.165) is 18.4 Å². The van der Waals surface area contributed by atoms with E-state index in [1.54, 1.807) is 48.7 Å². The van der Waals surface area contributed by atoms with E-state index in [1.165, 1.54) is 16.1 Å². The van der Waals surface area contributed by atoms with Crippen molar-refractivity contribution in [1.29, 1.82) is 0 Å². The maximum Gasteiger partial charge on any atom is 0.316 e. The number of halogens is 1. The number of rotatable bonds is 10. The van der Waals surface area contributed by atoms with E-state index in [4.69, 9.17) is 26.8 Å². The first-order chi connectivity index (χ1) is 19.1. The Labute approximate surface area is 238 Å². The summed E-state index contributed by atoms with van der Waals surface area (Å²) in [5.41, 5.74) is 7.81. The minimum absolute atomic E-state index is 0.0564. The molecular formula is C27H33ClN6O5S. The number of ether oxygens (including phenoxy) is 2. The van der Waals surface area contributed by atoms with Crippen molar-refractivity contribution in [1.82, 2.24) is 18.8 Å². The second-order valence-electron chi connectivity index (χ2n) is 10.4. The number of benzene rings is 2. The van der Waals surface area contributed by atoms with Gasteiger partial charge in [0.25, 0.3) is 10.2 Å². The molecule has 0 amide bonds. The second-order valence-corrected chi connectivity index (χ2v) is 12.6. The molecule has 1 aliphatic heterocycles. The molecule has 2 aliphatic rings. The third-order valence-electron chi connectivity index (χ3n) is 7.31. The van der Waals surface area contributed by atoms with Crippen molar-refractivity contribution >= 4 is 33.2 Å². The lowest BCUT2D eigenvalue weighted by Gasteiger charge is -2.35. The highest BCUT2D eigenvalue weighted by atomic mass is 35.5. The Kier molecular flexibility index (Phi) is 7.96. The molecule has 11 nitrogen and oxygen atoms in total. The summed E-state index contributed by atoms with van der Waals surface area (Å²) in [6, 6.07) is 12.0. The van der Waals surface area contributed by atoms with Gasteiger partial charge in [0.2, 0.25) is 5.75 Å². The number of nitrogen functional groups attached to an aromatic ring is 1. The van der Waals surface area contributed by atoms with Gasteiger partial charge in [-0.3, -0.25) is 4.79 Å². The summed E-state index contributed by atoms with van der Waals surface area (Å²) in [6.07, 6.45) is 3.69. The summed E-state index contributed by atoms with van der Waals surface area (Å²) in [7, 11) is -2.23. The molecule has 1 saturated carbocycles. The lowest BCUT2D eigenvalue weighted by molar-refractivity contribution is 0.242. The number of nitrogens with two attached hydrogens (primary N) is 1. The third kappa shape index (κ3) is 6.20. The summed E-state index contributed by atoms with van der Waals surface area (Å²) in [5.74, 6) is 0.694. The van der Waals surface area contributed by atoms with E-state index in [0.29, 0.717) is 47.5 Å². The summed E-state index contributed by atoms with van der Waals surface area (Å²) >= 11 is 6.14. The van der Waals surface area contributed by atoms with Gasteiger partial charge in [-0.1, -0.05) is 30.7 Å². The molecule has 40 heavy (non-hydrogen) atoms. The summed E-state index contributed by atoms with van der Waals surface area (Å²) < 4.78 is 42.7. The molecule has 3 aromatic rings. The molecule has 0 radical (unpaired) electrons. The Morgan fingerprint density at radius 3 is 2.55 bits per heavy atom. The average molecular weight is 589 g/mol. The fourth-order valence-corrected chi connectivity index (χ4v) is 5.85. The Balaban J connectivity index is 1.31. The van der Waals surface area contributed by atoms with Crippen LogP contribution in [0.1, 0.15) is 25.3 Å².